The van der Waals surface area contributed by atoms with Crippen LogP contribution in [-0.2, 0) is 19.9 Å². The molecule has 0 saturated carbocycles. The van der Waals surface area contributed by atoms with Crippen LogP contribution >= 0.6 is 11.3 Å². The molecular weight excluding hydrogens is 208 g/mol. The first kappa shape index (κ1) is 8.85. The quantitative estimate of drug-likeness (QED) is 0.687. The molecule has 4 heteroatoms. The van der Waals surface area contributed by atoms with E-state index in [2.05, 4.69) is 11.3 Å². The Morgan fingerprint density at radius 2 is 2.40 bits per heavy atom. The van der Waals surface area contributed by atoms with Gasteiger partial charge in [-0.2, -0.15) is 5.10 Å². The van der Waals surface area contributed by atoms with Gasteiger partial charge in [0.25, 0.3) is 0 Å². The smallest absolute Gasteiger partial charge is 0.160 e. The summed E-state index contributed by atoms with van der Waals surface area (Å²) in [5.74, 6) is 0. The molecule has 76 valence electrons. The third-order valence-corrected chi connectivity index (χ3v) is 3.85. The van der Waals surface area contributed by atoms with Crippen LogP contribution in [0.1, 0.15) is 20.1 Å². The minimum atomic E-state index is 0.804. The minimum absolute atomic E-state index is 0.804. The summed E-state index contributed by atoms with van der Waals surface area (Å²) in [6, 6.07) is 1.96. The largest absolute Gasteiger partial charge is 0.297 e. The highest BCUT2D eigenvalue weighted by molar-refractivity contribution is 7.14. The summed E-state index contributed by atoms with van der Waals surface area (Å²) in [7, 11) is 1.94. The Morgan fingerprint density at radius 1 is 1.53 bits per heavy atom. The standard InChI is InChI=1S/C11H10N2OS/c1-13-5-7-2-3-10-9(11(7)12-13)4-8(6-14)15-10/h4-6H,2-3H2,1H3. The summed E-state index contributed by atoms with van der Waals surface area (Å²) < 4.78 is 1.85. The maximum absolute atomic E-state index is 10.7. The molecule has 15 heavy (non-hydrogen) atoms. The van der Waals surface area contributed by atoms with E-state index in [-0.39, 0.29) is 0 Å². The molecule has 2 aromatic rings. The van der Waals surface area contributed by atoms with Gasteiger partial charge in [-0.3, -0.25) is 9.48 Å². The van der Waals surface area contributed by atoms with Gasteiger partial charge in [-0.25, -0.2) is 0 Å². The Kier molecular flexibility index (Phi) is 1.79. The fourth-order valence-corrected chi connectivity index (χ4v) is 3.07. The SMILES string of the molecule is Cn1cc2c(n1)-c1cc(C=O)sc1CC2. The van der Waals surface area contributed by atoms with Crippen molar-refractivity contribution in [2.75, 3.05) is 0 Å². The number of hydrogen-bond donors (Lipinski definition) is 0. The second kappa shape index (κ2) is 3.03. The number of aldehydes is 1. The molecule has 1 aliphatic carbocycles. The van der Waals surface area contributed by atoms with E-state index < -0.39 is 0 Å². The van der Waals surface area contributed by atoms with Gasteiger partial charge in [0, 0.05) is 23.7 Å². The van der Waals surface area contributed by atoms with Crippen molar-refractivity contribution in [1.82, 2.24) is 9.78 Å². The zero-order chi connectivity index (χ0) is 10.4. The van der Waals surface area contributed by atoms with Gasteiger partial charge >= 0.3 is 0 Å². The molecule has 0 N–H and O–H groups in total. The zero-order valence-corrected chi connectivity index (χ0v) is 9.17. The average molecular weight is 218 g/mol. The van der Waals surface area contributed by atoms with Crippen molar-refractivity contribution in [1.29, 1.82) is 0 Å². The lowest BCUT2D eigenvalue weighted by Crippen LogP contribution is -1.98. The first-order valence-electron chi connectivity index (χ1n) is 4.88. The van der Waals surface area contributed by atoms with E-state index in [0.717, 1.165) is 35.3 Å². The van der Waals surface area contributed by atoms with Gasteiger partial charge in [-0.05, 0) is 24.5 Å². The molecule has 2 aromatic heterocycles. The van der Waals surface area contributed by atoms with Crippen LogP contribution in [0.2, 0.25) is 0 Å². The number of aryl methyl sites for hydroxylation is 3. The van der Waals surface area contributed by atoms with Gasteiger partial charge in [0.15, 0.2) is 6.29 Å². The first-order chi connectivity index (χ1) is 7.28. The molecule has 0 atom stereocenters. The lowest BCUT2D eigenvalue weighted by atomic mass is 9.97. The summed E-state index contributed by atoms with van der Waals surface area (Å²) in [6.07, 6.45) is 5.06. The monoisotopic (exact) mass is 218 g/mol. The molecule has 0 aromatic carbocycles. The van der Waals surface area contributed by atoms with Crippen LogP contribution in [0.5, 0.6) is 0 Å². The number of nitrogens with zero attached hydrogens (tertiary/aromatic N) is 2. The maximum Gasteiger partial charge on any atom is 0.160 e. The van der Waals surface area contributed by atoms with E-state index in [4.69, 9.17) is 0 Å². The van der Waals surface area contributed by atoms with Crippen molar-refractivity contribution in [3.05, 3.63) is 27.6 Å². The van der Waals surface area contributed by atoms with Crippen LogP contribution in [0, 0.1) is 0 Å². The first-order valence-corrected chi connectivity index (χ1v) is 5.70. The van der Waals surface area contributed by atoms with Crippen LogP contribution in [0.15, 0.2) is 12.3 Å². The Balaban J connectivity index is 2.23. The van der Waals surface area contributed by atoms with Gasteiger partial charge in [-0.1, -0.05) is 0 Å². The van der Waals surface area contributed by atoms with Crippen LogP contribution in [0.25, 0.3) is 11.3 Å². The summed E-state index contributed by atoms with van der Waals surface area (Å²) in [5.41, 5.74) is 3.51. The highest BCUT2D eigenvalue weighted by Gasteiger charge is 2.21. The number of rotatable bonds is 1. The number of carbonyl (C=O) groups is 1. The van der Waals surface area contributed by atoms with Crippen LogP contribution in [0.4, 0.5) is 0 Å². The molecule has 0 aliphatic heterocycles. The number of carbonyl (C=O) groups excluding carboxylic acids is 1. The van der Waals surface area contributed by atoms with E-state index >= 15 is 0 Å². The molecule has 3 rings (SSSR count). The second-order valence-electron chi connectivity index (χ2n) is 3.78. The molecule has 0 fully saturated rings. The molecule has 2 heterocycles. The number of fused-ring (bicyclic) bond motifs is 3. The molecule has 3 nitrogen and oxygen atoms in total. The van der Waals surface area contributed by atoms with Gasteiger partial charge < -0.3 is 0 Å². The van der Waals surface area contributed by atoms with Crippen molar-refractivity contribution in [3.8, 4) is 11.3 Å². The molecule has 0 amide bonds. The fraction of sp³-hybridized carbons (Fsp3) is 0.273. The number of hydrogen-bond acceptors (Lipinski definition) is 3. The van der Waals surface area contributed by atoms with Crippen LogP contribution < -0.4 is 0 Å². The predicted molar refractivity (Wildman–Crippen MR) is 59.3 cm³/mol. The van der Waals surface area contributed by atoms with E-state index in [0.29, 0.717) is 0 Å². The average Bonchev–Trinajstić information content (AvgIpc) is 2.78. The number of aromatic nitrogens is 2. The Hall–Kier alpha value is -1.42. The molecule has 1 aliphatic rings. The van der Waals surface area contributed by atoms with E-state index in [9.17, 15) is 4.79 Å². The van der Waals surface area contributed by atoms with Crippen molar-refractivity contribution in [3.63, 3.8) is 0 Å². The van der Waals surface area contributed by atoms with Crippen molar-refractivity contribution >= 4 is 17.6 Å². The third kappa shape index (κ3) is 1.25. The molecule has 0 bridgehead atoms. The lowest BCUT2D eigenvalue weighted by molar-refractivity contribution is 0.112. The fourth-order valence-electron chi connectivity index (χ4n) is 2.09. The van der Waals surface area contributed by atoms with E-state index in [1.54, 1.807) is 11.3 Å². The molecule has 0 radical (unpaired) electrons. The van der Waals surface area contributed by atoms with Crippen LogP contribution in [-0.4, -0.2) is 16.1 Å². The van der Waals surface area contributed by atoms with E-state index in [1.165, 1.54) is 10.4 Å². The zero-order valence-electron chi connectivity index (χ0n) is 8.36. The second-order valence-corrected chi connectivity index (χ2v) is 4.95. The topological polar surface area (TPSA) is 34.9 Å². The predicted octanol–water partition coefficient (Wildman–Crippen LogP) is 2.06. The molecule has 0 saturated heterocycles. The highest BCUT2D eigenvalue weighted by Crippen LogP contribution is 2.37. The van der Waals surface area contributed by atoms with Gasteiger partial charge in [0.2, 0.25) is 0 Å². The highest BCUT2D eigenvalue weighted by atomic mass is 32.1. The summed E-state index contributed by atoms with van der Waals surface area (Å²) in [4.78, 5) is 12.8. The normalized spacial score (nSPS) is 13.4. The van der Waals surface area contributed by atoms with Crippen molar-refractivity contribution in [2.45, 2.75) is 12.8 Å². The molecule has 0 spiro atoms. The summed E-state index contributed by atoms with van der Waals surface area (Å²) in [6.45, 7) is 0. The number of thiophene rings is 1. The van der Waals surface area contributed by atoms with Crippen molar-refractivity contribution in [2.24, 2.45) is 7.05 Å². The van der Waals surface area contributed by atoms with Crippen molar-refractivity contribution < 1.29 is 4.79 Å². The van der Waals surface area contributed by atoms with E-state index in [1.807, 2.05) is 17.8 Å². The minimum Gasteiger partial charge on any atom is -0.297 e. The Bertz CT molecular complexity index is 539. The van der Waals surface area contributed by atoms with Crippen LogP contribution in [0.3, 0.4) is 0 Å². The lowest BCUT2D eigenvalue weighted by Gasteiger charge is -2.08. The third-order valence-electron chi connectivity index (χ3n) is 2.73. The summed E-state index contributed by atoms with van der Waals surface area (Å²) in [5, 5.41) is 4.45. The van der Waals surface area contributed by atoms with Gasteiger partial charge in [0.1, 0.15) is 0 Å². The van der Waals surface area contributed by atoms with Gasteiger partial charge in [-0.15, -0.1) is 11.3 Å². The Morgan fingerprint density at radius 3 is 3.20 bits per heavy atom. The molecule has 0 unspecified atom stereocenters. The molecular formula is C11H10N2OS. The Labute approximate surface area is 91.4 Å². The van der Waals surface area contributed by atoms with Gasteiger partial charge in [0.05, 0.1) is 10.6 Å². The maximum atomic E-state index is 10.7. The summed E-state index contributed by atoms with van der Waals surface area (Å²) >= 11 is 1.59.